The van der Waals surface area contributed by atoms with E-state index in [1.165, 1.54) is 16.1 Å². The SMILES string of the molecule is Cc1cc(C(=O)N2CC(c3nc(C(C)(C)O)c(C)o3)CCC2C)c(-n2nccn2)s1. The fourth-order valence-electron chi connectivity index (χ4n) is 4.03. The number of amides is 1. The molecule has 1 aliphatic rings. The van der Waals surface area contributed by atoms with Crippen LogP contribution in [0.3, 0.4) is 0 Å². The first-order valence-electron chi connectivity index (χ1n) is 10.1. The minimum atomic E-state index is -1.07. The molecule has 0 bridgehead atoms. The van der Waals surface area contributed by atoms with E-state index in [1.807, 2.05) is 24.8 Å². The van der Waals surface area contributed by atoms with Crippen LogP contribution in [0.25, 0.3) is 5.00 Å². The highest BCUT2D eigenvalue weighted by Gasteiger charge is 2.35. The van der Waals surface area contributed by atoms with E-state index < -0.39 is 5.60 Å². The van der Waals surface area contributed by atoms with Gasteiger partial charge in [0.1, 0.15) is 17.1 Å². The van der Waals surface area contributed by atoms with E-state index in [0.29, 0.717) is 29.5 Å². The predicted molar refractivity (Wildman–Crippen MR) is 113 cm³/mol. The van der Waals surface area contributed by atoms with Crippen molar-refractivity contribution in [3.05, 3.63) is 46.2 Å². The fraction of sp³-hybridized carbons (Fsp3) is 0.524. The molecule has 1 fully saturated rings. The van der Waals surface area contributed by atoms with Gasteiger partial charge in [0.05, 0.1) is 23.9 Å². The molecule has 0 aliphatic carbocycles. The Morgan fingerprint density at radius 3 is 2.60 bits per heavy atom. The number of likely N-dealkylation sites (tertiary alicyclic amines) is 1. The van der Waals surface area contributed by atoms with E-state index in [4.69, 9.17) is 4.42 Å². The van der Waals surface area contributed by atoms with Crippen LogP contribution >= 0.6 is 11.3 Å². The van der Waals surface area contributed by atoms with Gasteiger partial charge in [-0.15, -0.1) is 16.1 Å². The number of oxazole rings is 1. The lowest BCUT2D eigenvalue weighted by Gasteiger charge is -2.37. The molecule has 1 N–H and O–H groups in total. The lowest BCUT2D eigenvalue weighted by molar-refractivity contribution is 0.0595. The summed E-state index contributed by atoms with van der Waals surface area (Å²) in [6.07, 6.45) is 4.95. The third kappa shape index (κ3) is 3.79. The van der Waals surface area contributed by atoms with E-state index >= 15 is 0 Å². The number of carbonyl (C=O) groups excluding carboxylic acids is 1. The van der Waals surface area contributed by atoms with Crippen LogP contribution in [0.4, 0.5) is 0 Å². The third-order valence-electron chi connectivity index (χ3n) is 5.55. The van der Waals surface area contributed by atoms with Crippen LogP contribution < -0.4 is 0 Å². The molecule has 30 heavy (non-hydrogen) atoms. The van der Waals surface area contributed by atoms with Crippen LogP contribution in [0, 0.1) is 13.8 Å². The Balaban J connectivity index is 1.62. The smallest absolute Gasteiger partial charge is 0.257 e. The first-order valence-corrected chi connectivity index (χ1v) is 10.9. The summed E-state index contributed by atoms with van der Waals surface area (Å²) in [6.45, 7) is 9.78. The van der Waals surface area contributed by atoms with Crippen molar-refractivity contribution in [1.29, 1.82) is 0 Å². The zero-order valence-corrected chi connectivity index (χ0v) is 18.7. The average molecular weight is 430 g/mol. The molecular weight excluding hydrogens is 402 g/mol. The number of aliphatic hydroxyl groups is 1. The van der Waals surface area contributed by atoms with Crippen molar-refractivity contribution in [3.8, 4) is 5.00 Å². The maximum absolute atomic E-state index is 13.5. The van der Waals surface area contributed by atoms with Crippen molar-refractivity contribution < 1.29 is 14.3 Å². The van der Waals surface area contributed by atoms with Crippen LogP contribution in [0.2, 0.25) is 0 Å². The van der Waals surface area contributed by atoms with Crippen molar-refractivity contribution in [3.63, 3.8) is 0 Å². The van der Waals surface area contributed by atoms with Gasteiger partial charge >= 0.3 is 0 Å². The average Bonchev–Trinajstić information content (AvgIpc) is 3.40. The van der Waals surface area contributed by atoms with E-state index in [1.54, 1.807) is 26.2 Å². The quantitative estimate of drug-likeness (QED) is 0.681. The van der Waals surface area contributed by atoms with Gasteiger partial charge in [0, 0.05) is 17.5 Å². The second-order valence-electron chi connectivity index (χ2n) is 8.49. The second-order valence-corrected chi connectivity index (χ2v) is 9.73. The van der Waals surface area contributed by atoms with Crippen LogP contribution in [0.1, 0.15) is 72.1 Å². The largest absolute Gasteiger partial charge is 0.445 e. The summed E-state index contributed by atoms with van der Waals surface area (Å²) in [6, 6.07) is 2.01. The molecule has 1 aliphatic heterocycles. The Kier molecular flexibility index (Phi) is 5.27. The maximum atomic E-state index is 13.5. The standard InChI is InChI=1S/C21H27N5O3S/c1-12-6-7-15(18-24-17(14(3)29-18)21(4,5)28)11-25(12)19(27)16-10-13(2)30-20(16)26-22-8-9-23-26/h8-10,12,15,28H,6-7,11H2,1-5H3. The first-order chi connectivity index (χ1) is 14.1. The van der Waals surface area contributed by atoms with Crippen LogP contribution in [-0.2, 0) is 5.60 Å². The molecule has 3 aromatic heterocycles. The monoisotopic (exact) mass is 429 g/mol. The molecular formula is C21H27N5O3S. The Morgan fingerprint density at radius 1 is 1.27 bits per heavy atom. The van der Waals surface area contributed by atoms with Crippen molar-refractivity contribution in [1.82, 2.24) is 24.9 Å². The minimum Gasteiger partial charge on any atom is -0.445 e. The minimum absolute atomic E-state index is 0.00837. The molecule has 0 spiro atoms. The van der Waals surface area contributed by atoms with E-state index in [9.17, 15) is 9.90 Å². The molecule has 160 valence electrons. The van der Waals surface area contributed by atoms with Gasteiger partial charge in [-0.1, -0.05) is 0 Å². The molecule has 2 unspecified atom stereocenters. The first kappa shape index (κ1) is 20.7. The third-order valence-corrected chi connectivity index (χ3v) is 6.57. The molecule has 1 amide bonds. The van der Waals surface area contributed by atoms with Crippen LogP contribution in [0.15, 0.2) is 22.9 Å². The lowest BCUT2D eigenvalue weighted by Crippen LogP contribution is -2.45. The second kappa shape index (κ2) is 7.63. The molecule has 4 heterocycles. The zero-order chi connectivity index (χ0) is 21.6. The summed E-state index contributed by atoms with van der Waals surface area (Å²) in [7, 11) is 0. The lowest BCUT2D eigenvalue weighted by atomic mass is 9.92. The predicted octanol–water partition coefficient (Wildman–Crippen LogP) is 3.57. The van der Waals surface area contributed by atoms with Gasteiger partial charge < -0.3 is 14.4 Å². The van der Waals surface area contributed by atoms with Crippen LogP contribution in [-0.4, -0.2) is 48.5 Å². The topological polar surface area (TPSA) is 97.3 Å². The van der Waals surface area contributed by atoms with Crippen molar-refractivity contribution >= 4 is 17.2 Å². The molecule has 9 heteroatoms. The summed E-state index contributed by atoms with van der Waals surface area (Å²) < 4.78 is 5.91. The van der Waals surface area contributed by atoms with E-state index in [-0.39, 0.29) is 17.9 Å². The van der Waals surface area contributed by atoms with Crippen molar-refractivity contribution in [2.24, 2.45) is 0 Å². The number of nitrogens with zero attached hydrogens (tertiary/aromatic N) is 5. The highest BCUT2D eigenvalue weighted by atomic mass is 32.1. The molecule has 4 rings (SSSR count). The summed E-state index contributed by atoms with van der Waals surface area (Å²) in [5.74, 6) is 1.17. The van der Waals surface area contributed by atoms with Gasteiger partial charge in [-0.3, -0.25) is 4.79 Å². The Bertz CT molecular complexity index is 1050. The zero-order valence-electron chi connectivity index (χ0n) is 17.9. The van der Waals surface area contributed by atoms with E-state index in [0.717, 1.165) is 22.7 Å². The Labute approximate surface area is 179 Å². The van der Waals surface area contributed by atoms with Crippen molar-refractivity contribution in [2.75, 3.05) is 6.54 Å². The molecule has 8 nitrogen and oxygen atoms in total. The summed E-state index contributed by atoms with van der Waals surface area (Å²) >= 11 is 1.50. The highest BCUT2D eigenvalue weighted by molar-refractivity contribution is 7.14. The van der Waals surface area contributed by atoms with Gasteiger partial charge in [-0.2, -0.15) is 10.2 Å². The molecule has 0 saturated carbocycles. The normalized spacial score (nSPS) is 20.0. The highest BCUT2D eigenvalue weighted by Crippen LogP contribution is 2.35. The summed E-state index contributed by atoms with van der Waals surface area (Å²) in [5.41, 5.74) is 0.0971. The molecule has 2 atom stereocenters. The van der Waals surface area contributed by atoms with Gasteiger partial charge in [-0.05, 0) is 53.5 Å². The number of aryl methyl sites for hydroxylation is 2. The number of aromatic nitrogens is 4. The van der Waals surface area contributed by atoms with Crippen molar-refractivity contribution in [2.45, 2.75) is 65.0 Å². The van der Waals surface area contributed by atoms with Gasteiger partial charge in [0.25, 0.3) is 5.91 Å². The molecule has 0 aromatic carbocycles. The Hall–Kier alpha value is -2.52. The molecule has 0 radical (unpaired) electrons. The summed E-state index contributed by atoms with van der Waals surface area (Å²) in [4.78, 5) is 22.5. The molecule has 1 saturated heterocycles. The number of piperidine rings is 1. The van der Waals surface area contributed by atoms with Gasteiger partial charge in [0.15, 0.2) is 10.9 Å². The van der Waals surface area contributed by atoms with Gasteiger partial charge in [0.2, 0.25) is 0 Å². The van der Waals surface area contributed by atoms with Gasteiger partial charge in [-0.25, -0.2) is 4.98 Å². The number of hydrogen-bond acceptors (Lipinski definition) is 7. The summed E-state index contributed by atoms with van der Waals surface area (Å²) in [5, 5.41) is 19.5. The fourth-order valence-corrected chi connectivity index (χ4v) is 4.94. The molecule has 3 aromatic rings. The van der Waals surface area contributed by atoms with Crippen LogP contribution in [0.5, 0.6) is 0 Å². The number of rotatable bonds is 4. The number of carbonyl (C=O) groups is 1. The Morgan fingerprint density at radius 2 is 1.97 bits per heavy atom. The number of hydrogen-bond donors (Lipinski definition) is 1. The number of thiophene rings is 1. The maximum Gasteiger partial charge on any atom is 0.257 e. The van der Waals surface area contributed by atoms with E-state index in [2.05, 4.69) is 22.1 Å².